The van der Waals surface area contributed by atoms with Crippen molar-refractivity contribution in [2.24, 2.45) is 0 Å². The Morgan fingerprint density at radius 2 is 2.09 bits per heavy atom. The summed E-state index contributed by atoms with van der Waals surface area (Å²) in [5.74, 6) is 0. The van der Waals surface area contributed by atoms with Crippen molar-refractivity contribution in [1.82, 2.24) is 14.5 Å². The van der Waals surface area contributed by atoms with Crippen molar-refractivity contribution in [3.8, 4) is 0 Å². The van der Waals surface area contributed by atoms with Gasteiger partial charge in [0.15, 0.2) is 0 Å². The summed E-state index contributed by atoms with van der Waals surface area (Å²) in [7, 11) is 0. The fourth-order valence-electron chi connectivity index (χ4n) is 3.23. The van der Waals surface area contributed by atoms with Crippen LogP contribution in [0.1, 0.15) is 50.6 Å². The van der Waals surface area contributed by atoms with Crippen LogP contribution >= 0.6 is 0 Å². The van der Waals surface area contributed by atoms with Gasteiger partial charge in [-0.2, -0.15) is 0 Å². The van der Waals surface area contributed by atoms with E-state index in [-0.39, 0.29) is 0 Å². The minimum Gasteiger partial charge on any atom is -0.389 e. The number of rotatable bonds is 5. The van der Waals surface area contributed by atoms with Crippen LogP contribution in [-0.4, -0.2) is 31.8 Å². The maximum absolute atomic E-state index is 10.2. The molecule has 1 aliphatic rings. The number of pyridine rings is 1. The van der Waals surface area contributed by atoms with E-state index in [4.69, 9.17) is 9.72 Å². The molecular weight excluding hydrogens is 278 g/mol. The van der Waals surface area contributed by atoms with Crippen LogP contribution in [0.2, 0.25) is 0 Å². The van der Waals surface area contributed by atoms with Crippen molar-refractivity contribution in [3.63, 3.8) is 0 Å². The van der Waals surface area contributed by atoms with Crippen molar-refractivity contribution in [2.75, 3.05) is 6.61 Å². The SMILES string of the molecule is CCOCc1nc2c(c3c1ncn3CC(C)(C)O)CCCC2. The highest BCUT2D eigenvalue weighted by molar-refractivity contribution is 5.82. The summed E-state index contributed by atoms with van der Waals surface area (Å²) in [4.78, 5) is 9.40. The van der Waals surface area contributed by atoms with E-state index < -0.39 is 5.60 Å². The Hall–Kier alpha value is -1.46. The molecule has 0 amide bonds. The van der Waals surface area contributed by atoms with Gasteiger partial charge in [-0.25, -0.2) is 4.98 Å². The number of ether oxygens (including phenoxy) is 1. The summed E-state index contributed by atoms with van der Waals surface area (Å²) < 4.78 is 7.65. The van der Waals surface area contributed by atoms with Crippen LogP contribution in [-0.2, 0) is 30.7 Å². The van der Waals surface area contributed by atoms with Gasteiger partial charge in [-0.05, 0) is 52.0 Å². The van der Waals surface area contributed by atoms with Crippen LogP contribution in [0, 0.1) is 0 Å². The van der Waals surface area contributed by atoms with Crippen LogP contribution in [0.15, 0.2) is 6.33 Å². The Bertz CT molecular complexity index is 671. The molecule has 2 aromatic rings. The third kappa shape index (κ3) is 3.01. The van der Waals surface area contributed by atoms with E-state index in [1.807, 2.05) is 27.1 Å². The fraction of sp³-hybridized carbons (Fsp3) is 0.647. The van der Waals surface area contributed by atoms with Crippen molar-refractivity contribution < 1.29 is 9.84 Å². The summed E-state index contributed by atoms with van der Waals surface area (Å²) in [5, 5.41) is 10.2. The van der Waals surface area contributed by atoms with Gasteiger partial charge in [-0.3, -0.25) is 4.98 Å². The first-order chi connectivity index (χ1) is 10.5. The lowest BCUT2D eigenvalue weighted by Gasteiger charge is -2.22. The minimum absolute atomic E-state index is 0.500. The van der Waals surface area contributed by atoms with Gasteiger partial charge >= 0.3 is 0 Å². The number of aromatic nitrogens is 3. The van der Waals surface area contributed by atoms with E-state index in [1.54, 1.807) is 0 Å². The molecule has 5 heteroatoms. The zero-order valence-electron chi connectivity index (χ0n) is 13.7. The van der Waals surface area contributed by atoms with E-state index >= 15 is 0 Å². The molecule has 1 aliphatic carbocycles. The molecule has 1 N–H and O–H groups in total. The molecule has 0 spiro atoms. The first-order valence-corrected chi connectivity index (χ1v) is 8.15. The number of nitrogens with zero attached hydrogens (tertiary/aromatic N) is 3. The van der Waals surface area contributed by atoms with Crippen LogP contribution in [0.25, 0.3) is 11.0 Å². The first-order valence-electron chi connectivity index (χ1n) is 8.15. The fourth-order valence-corrected chi connectivity index (χ4v) is 3.23. The standard InChI is InChI=1S/C17H25N3O2/c1-4-22-9-14-15-16(12-7-5-6-8-13(12)19-14)20(11-18-15)10-17(2,3)21/h11,21H,4-10H2,1-3H3. The normalized spacial score (nSPS) is 15.3. The number of aryl methyl sites for hydroxylation is 2. The van der Waals surface area contributed by atoms with Crippen molar-refractivity contribution in [1.29, 1.82) is 0 Å². The number of fused-ring (bicyclic) bond motifs is 3. The molecule has 0 atom stereocenters. The largest absolute Gasteiger partial charge is 0.389 e. The van der Waals surface area contributed by atoms with Crippen LogP contribution in [0.5, 0.6) is 0 Å². The average molecular weight is 303 g/mol. The number of aliphatic hydroxyl groups is 1. The quantitative estimate of drug-likeness (QED) is 0.922. The monoisotopic (exact) mass is 303 g/mol. The summed E-state index contributed by atoms with van der Waals surface area (Å²) >= 11 is 0. The minimum atomic E-state index is -0.765. The Balaban J connectivity index is 2.14. The summed E-state index contributed by atoms with van der Waals surface area (Å²) in [6, 6.07) is 0. The summed E-state index contributed by atoms with van der Waals surface area (Å²) in [6.07, 6.45) is 6.29. The molecule has 120 valence electrons. The maximum Gasteiger partial charge on any atom is 0.113 e. The zero-order valence-corrected chi connectivity index (χ0v) is 13.7. The highest BCUT2D eigenvalue weighted by Crippen LogP contribution is 2.30. The van der Waals surface area contributed by atoms with Gasteiger partial charge in [-0.1, -0.05) is 0 Å². The molecule has 3 rings (SSSR count). The molecule has 0 unspecified atom stereocenters. The second-order valence-electron chi connectivity index (χ2n) is 6.71. The molecule has 0 fully saturated rings. The number of hydrogen-bond acceptors (Lipinski definition) is 4. The molecule has 0 radical (unpaired) electrons. The van der Waals surface area contributed by atoms with Crippen LogP contribution in [0.3, 0.4) is 0 Å². The van der Waals surface area contributed by atoms with Crippen molar-refractivity contribution in [3.05, 3.63) is 23.3 Å². The highest BCUT2D eigenvalue weighted by Gasteiger charge is 2.23. The predicted molar refractivity (Wildman–Crippen MR) is 85.8 cm³/mol. The Morgan fingerprint density at radius 1 is 1.32 bits per heavy atom. The van der Waals surface area contributed by atoms with E-state index in [0.29, 0.717) is 19.8 Å². The van der Waals surface area contributed by atoms with E-state index in [2.05, 4.69) is 9.55 Å². The predicted octanol–water partition coefficient (Wildman–Crippen LogP) is 2.62. The van der Waals surface area contributed by atoms with Gasteiger partial charge in [-0.15, -0.1) is 0 Å². The number of imidazole rings is 1. The second-order valence-corrected chi connectivity index (χ2v) is 6.71. The smallest absolute Gasteiger partial charge is 0.113 e. The number of hydrogen-bond donors (Lipinski definition) is 1. The molecule has 5 nitrogen and oxygen atoms in total. The van der Waals surface area contributed by atoms with Gasteiger partial charge in [0.2, 0.25) is 0 Å². The van der Waals surface area contributed by atoms with Gasteiger partial charge in [0, 0.05) is 12.3 Å². The summed E-state index contributed by atoms with van der Waals surface area (Å²) in [5.41, 5.74) is 4.72. The Labute approximate surface area is 131 Å². The molecule has 2 aromatic heterocycles. The molecule has 22 heavy (non-hydrogen) atoms. The van der Waals surface area contributed by atoms with Crippen LogP contribution < -0.4 is 0 Å². The van der Waals surface area contributed by atoms with Gasteiger partial charge in [0.1, 0.15) is 5.52 Å². The van der Waals surface area contributed by atoms with Gasteiger partial charge < -0.3 is 14.4 Å². The molecule has 0 aliphatic heterocycles. The lowest BCUT2D eigenvalue weighted by atomic mass is 9.94. The van der Waals surface area contributed by atoms with Crippen molar-refractivity contribution >= 4 is 11.0 Å². The van der Waals surface area contributed by atoms with Gasteiger partial charge in [0.25, 0.3) is 0 Å². The van der Waals surface area contributed by atoms with E-state index in [1.165, 1.54) is 24.1 Å². The zero-order chi connectivity index (χ0) is 15.7. The topological polar surface area (TPSA) is 60.2 Å². The Kier molecular flexibility index (Phi) is 4.19. The Morgan fingerprint density at radius 3 is 2.82 bits per heavy atom. The molecule has 0 saturated carbocycles. The molecule has 2 heterocycles. The van der Waals surface area contributed by atoms with Gasteiger partial charge in [0.05, 0.1) is 36.3 Å². The average Bonchev–Trinajstić information content (AvgIpc) is 2.87. The van der Waals surface area contributed by atoms with E-state index in [0.717, 1.165) is 29.6 Å². The highest BCUT2D eigenvalue weighted by atomic mass is 16.5. The third-order valence-corrected chi connectivity index (χ3v) is 4.11. The molecule has 0 bridgehead atoms. The van der Waals surface area contributed by atoms with Crippen molar-refractivity contribution in [2.45, 2.75) is 65.2 Å². The molecule has 0 aromatic carbocycles. The van der Waals surface area contributed by atoms with E-state index in [9.17, 15) is 5.11 Å². The molecular formula is C17H25N3O2. The first kappa shape index (κ1) is 15.4. The maximum atomic E-state index is 10.2. The second kappa shape index (κ2) is 5.97. The summed E-state index contributed by atoms with van der Waals surface area (Å²) in [6.45, 7) is 7.35. The van der Waals surface area contributed by atoms with Crippen LogP contribution in [0.4, 0.5) is 0 Å². The lowest BCUT2D eigenvalue weighted by molar-refractivity contribution is 0.0626. The third-order valence-electron chi connectivity index (χ3n) is 4.11. The lowest BCUT2D eigenvalue weighted by Crippen LogP contribution is -2.26. The molecule has 0 saturated heterocycles.